The molecule has 2 saturated heterocycles. The van der Waals surface area contributed by atoms with Crippen molar-refractivity contribution in [2.45, 2.75) is 64.1 Å². The summed E-state index contributed by atoms with van der Waals surface area (Å²) in [5, 5.41) is 3.33. The lowest BCUT2D eigenvalue weighted by Crippen LogP contribution is -2.51. The Labute approximate surface area is 133 Å². The van der Waals surface area contributed by atoms with Crippen LogP contribution in [-0.4, -0.2) is 61.7 Å². The molecule has 0 bridgehead atoms. The van der Waals surface area contributed by atoms with Crippen LogP contribution in [0.1, 0.15) is 46.5 Å². The van der Waals surface area contributed by atoms with Crippen molar-refractivity contribution in [3.8, 4) is 0 Å². The standard InChI is InChI=1S/C15H28N2O4S/c1-15(2,3)21-14(18)17-8-5-4-6-13(17)10-16-12-7-9-22(19,20)11-12/h12-13,16H,4-11H2,1-3H3. The number of sulfone groups is 1. The van der Waals surface area contributed by atoms with Gasteiger partial charge >= 0.3 is 6.09 Å². The maximum Gasteiger partial charge on any atom is 0.410 e. The number of hydrogen-bond donors (Lipinski definition) is 1. The molecule has 1 N–H and O–H groups in total. The average Bonchev–Trinajstić information content (AvgIpc) is 2.74. The molecule has 0 aliphatic carbocycles. The molecule has 0 saturated carbocycles. The molecule has 2 heterocycles. The molecule has 0 spiro atoms. The molecule has 7 heteroatoms. The Hall–Kier alpha value is -0.820. The van der Waals surface area contributed by atoms with Gasteiger partial charge in [-0.05, 0) is 46.5 Å². The van der Waals surface area contributed by atoms with Crippen LogP contribution in [0.2, 0.25) is 0 Å². The SMILES string of the molecule is CC(C)(C)OC(=O)N1CCCCC1CNC1CCS(=O)(=O)C1. The van der Waals surface area contributed by atoms with Gasteiger partial charge in [-0.25, -0.2) is 13.2 Å². The number of rotatable bonds is 3. The molecule has 2 fully saturated rings. The van der Waals surface area contributed by atoms with Gasteiger partial charge in [0, 0.05) is 25.2 Å². The number of nitrogens with one attached hydrogen (secondary N) is 1. The predicted octanol–water partition coefficient (Wildman–Crippen LogP) is 1.55. The van der Waals surface area contributed by atoms with Gasteiger partial charge in [-0.1, -0.05) is 0 Å². The Morgan fingerprint density at radius 3 is 2.59 bits per heavy atom. The van der Waals surface area contributed by atoms with Crippen LogP contribution < -0.4 is 5.32 Å². The lowest BCUT2D eigenvalue weighted by molar-refractivity contribution is 0.00972. The fourth-order valence-corrected chi connectivity index (χ4v) is 4.74. The van der Waals surface area contributed by atoms with E-state index in [-0.39, 0.29) is 29.7 Å². The zero-order chi connectivity index (χ0) is 16.4. The molecule has 2 aliphatic heterocycles. The summed E-state index contributed by atoms with van der Waals surface area (Å²) in [5.41, 5.74) is -0.494. The van der Waals surface area contributed by atoms with E-state index in [2.05, 4.69) is 5.32 Å². The normalized spacial score (nSPS) is 28.6. The fraction of sp³-hybridized carbons (Fsp3) is 0.933. The Balaban J connectivity index is 1.88. The van der Waals surface area contributed by atoms with E-state index in [1.54, 1.807) is 4.90 Å². The quantitative estimate of drug-likeness (QED) is 0.849. The summed E-state index contributed by atoms with van der Waals surface area (Å²) < 4.78 is 28.5. The molecule has 2 unspecified atom stereocenters. The second-order valence-corrected chi connectivity index (χ2v) is 9.56. The Morgan fingerprint density at radius 2 is 2.00 bits per heavy atom. The van der Waals surface area contributed by atoms with Crippen molar-refractivity contribution in [2.75, 3.05) is 24.6 Å². The summed E-state index contributed by atoms with van der Waals surface area (Å²) in [6.07, 6.45) is 3.42. The largest absolute Gasteiger partial charge is 0.444 e. The molecule has 0 aromatic rings. The second kappa shape index (κ2) is 6.74. The second-order valence-electron chi connectivity index (χ2n) is 7.33. The number of nitrogens with zero attached hydrogens (tertiary/aromatic N) is 1. The third-order valence-electron chi connectivity index (χ3n) is 4.13. The molecule has 2 rings (SSSR count). The van der Waals surface area contributed by atoms with E-state index >= 15 is 0 Å². The predicted molar refractivity (Wildman–Crippen MR) is 85.6 cm³/mol. The first-order valence-corrected chi connectivity index (χ1v) is 9.92. The van der Waals surface area contributed by atoms with Gasteiger partial charge in [-0.3, -0.25) is 0 Å². The van der Waals surface area contributed by atoms with Gasteiger partial charge in [0.05, 0.1) is 11.5 Å². The first-order chi connectivity index (χ1) is 10.2. The summed E-state index contributed by atoms with van der Waals surface area (Å²) in [7, 11) is -2.87. The number of likely N-dealkylation sites (tertiary alicyclic amines) is 1. The van der Waals surface area contributed by atoms with Crippen LogP contribution >= 0.6 is 0 Å². The van der Waals surface area contributed by atoms with E-state index < -0.39 is 15.4 Å². The maximum atomic E-state index is 12.3. The van der Waals surface area contributed by atoms with Crippen molar-refractivity contribution in [1.29, 1.82) is 0 Å². The molecule has 2 aliphatic rings. The molecule has 0 aromatic heterocycles. The minimum absolute atomic E-state index is 0.0208. The van der Waals surface area contributed by atoms with Crippen LogP contribution in [0.5, 0.6) is 0 Å². The van der Waals surface area contributed by atoms with E-state index in [4.69, 9.17) is 4.74 Å². The minimum atomic E-state index is -2.87. The van der Waals surface area contributed by atoms with Crippen molar-refractivity contribution in [2.24, 2.45) is 0 Å². The van der Waals surface area contributed by atoms with Crippen LogP contribution in [0.3, 0.4) is 0 Å². The number of hydrogen-bond acceptors (Lipinski definition) is 5. The van der Waals surface area contributed by atoms with E-state index in [1.165, 1.54) is 0 Å². The van der Waals surface area contributed by atoms with E-state index in [1.807, 2.05) is 20.8 Å². The van der Waals surface area contributed by atoms with Crippen LogP contribution in [0, 0.1) is 0 Å². The summed E-state index contributed by atoms with van der Waals surface area (Å²) in [6, 6.07) is 0.110. The molecular formula is C15H28N2O4S. The van der Waals surface area contributed by atoms with Gasteiger partial charge < -0.3 is 15.0 Å². The number of carbonyl (C=O) groups is 1. The summed E-state index contributed by atoms with van der Waals surface area (Å²) >= 11 is 0. The van der Waals surface area contributed by atoms with Crippen LogP contribution in [0.4, 0.5) is 4.79 Å². The number of carbonyl (C=O) groups excluding carboxylic acids is 1. The highest BCUT2D eigenvalue weighted by molar-refractivity contribution is 7.91. The van der Waals surface area contributed by atoms with Gasteiger partial charge in [0.1, 0.15) is 5.60 Å². The maximum absolute atomic E-state index is 12.3. The Bertz CT molecular complexity index is 498. The fourth-order valence-electron chi connectivity index (χ4n) is 3.03. The van der Waals surface area contributed by atoms with Gasteiger partial charge in [0.15, 0.2) is 9.84 Å². The number of amides is 1. The van der Waals surface area contributed by atoms with Crippen molar-refractivity contribution in [3.63, 3.8) is 0 Å². The van der Waals surface area contributed by atoms with Crippen molar-refractivity contribution < 1.29 is 17.9 Å². The van der Waals surface area contributed by atoms with Crippen molar-refractivity contribution in [1.82, 2.24) is 10.2 Å². The van der Waals surface area contributed by atoms with Crippen molar-refractivity contribution in [3.05, 3.63) is 0 Å². The van der Waals surface area contributed by atoms with Crippen LogP contribution in [0.25, 0.3) is 0 Å². The highest BCUT2D eigenvalue weighted by Gasteiger charge is 2.32. The van der Waals surface area contributed by atoms with Gasteiger partial charge in [0.2, 0.25) is 0 Å². The van der Waals surface area contributed by atoms with Crippen molar-refractivity contribution >= 4 is 15.9 Å². The lowest BCUT2D eigenvalue weighted by atomic mass is 10.0. The monoisotopic (exact) mass is 332 g/mol. The molecular weight excluding hydrogens is 304 g/mol. The molecule has 22 heavy (non-hydrogen) atoms. The van der Waals surface area contributed by atoms with E-state index in [0.29, 0.717) is 19.5 Å². The zero-order valence-electron chi connectivity index (χ0n) is 13.8. The highest BCUT2D eigenvalue weighted by Crippen LogP contribution is 2.21. The molecule has 0 radical (unpaired) electrons. The Morgan fingerprint density at radius 1 is 1.27 bits per heavy atom. The smallest absolute Gasteiger partial charge is 0.410 e. The molecule has 1 amide bonds. The van der Waals surface area contributed by atoms with Crippen LogP contribution in [0.15, 0.2) is 0 Å². The molecule has 0 aromatic carbocycles. The summed E-state index contributed by atoms with van der Waals surface area (Å²) in [5.74, 6) is 0.483. The molecule has 6 nitrogen and oxygen atoms in total. The Kier molecular flexibility index (Phi) is 5.37. The highest BCUT2D eigenvalue weighted by atomic mass is 32.2. The zero-order valence-corrected chi connectivity index (χ0v) is 14.6. The lowest BCUT2D eigenvalue weighted by Gasteiger charge is -2.37. The first-order valence-electron chi connectivity index (χ1n) is 8.10. The first kappa shape index (κ1) is 17.5. The topological polar surface area (TPSA) is 75.7 Å². The van der Waals surface area contributed by atoms with Gasteiger partial charge in [-0.15, -0.1) is 0 Å². The third kappa shape index (κ3) is 5.12. The third-order valence-corrected chi connectivity index (χ3v) is 5.90. The van der Waals surface area contributed by atoms with Crippen LogP contribution in [-0.2, 0) is 14.6 Å². The minimum Gasteiger partial charge on any atom is -0.444 e. The number of ether oxygens (including phenoxy) is 1. The molecule has 128 valence electrons. The summed E-state index contributed by atoms with van der Waals surface area (Å²) in [4.78, 5) is 14.1. The summed E-state index contributed by atoms with van der Waals surface area (Å²) in [6.45, 7) is 6.95. The van der Waals surface area contributed by atoms with E-state index in [9.17, 15) is 13.2 Å². The molecule has 2 atom stereocenters. The van der Waals surface area contributed by atoms with Gasteiger partial charge in [0.25, 0.3) is 0 Å². The van der Waals surface area contributed by atoms with E-state index in [0.717, 1.165) is 19.3 Å². The number of piperidine rings is 1. The van der Waals surface area contributed by atoms with Gasteiger partial charge in [-0.2, -0.15) is 0 Å². The average molecular weight is 332 g/mol.